The van der Waals surface area contributed by atoms with Crippen LogP contribution in [0.2, 0.25) is 0 Å². The van der Waals surface area contributed by atoms with Crippen molar-refractivity contribution < 1.29 is 9.53 Å². The number of ether oxygens (including phenoxy) is 1. The smallest absolute Gasteiger partial charge is 0.161 e. The topological polar surface area (TPSA) is 26.3 Å². The van der Waals surface area contributed by atoms with Crippen LogP contribution < -0.4 is 0 Å². The van der Waals surface area contributed by atoms with E-state index >= 15 is 0 Å². The van der Waals surface area contributed by atoms with Gasteiger partial charge in [-0.15, -0.1) is 0 Å². The Morgan fingerprint density at radius 2 is 2.25 bits per heavy atom. The SMILES string of the molecule is CCCCC(=O)C1CCC(C)O1. The van der Waals surface area contributed by atoms with Gasteiger partial charge < -0.3 is 4.74 Å². The van der Waals surface area contributed by atoms with Gasteiger partial charge in [0, 0.05) is 6.42 Å². The molecule has 0 bridgehead atoms. The average Bonchev–Trinajstić information content (AvgIpc) is 2.47. The molecule has 1 fully saturated rings. The molecule has 0 radical (unpaired) electrons. The summed E-state index contributed by atoms with van der Waals surface area (Å²) in [4.78, 5) is 11.4. The van der Waals surface area contributed by atoms with Crippen molar-refractivity contribution in [1.29, 1.82) is 0 Å². The van der Waals surface area contributed by atoms with Gasteiger partial charge in [-0.3, -0.25) is 4.79 Å². The maximum Gasteiger partial charge on any atom is 0.161 e. The van der Waals surface area contributed by atoms with Gasteiger partial charge >= 0.3 is 0 Å². The average molecular weight is 170 g/mol. The predicted octanol–water partition coefficient (Wildman–Crippen LogP) is 2.31. The number of carbonyl (C=O) groups is 1. The Bertz CT molecular complexity index is 154. The van der Waals surface area contributed by atoms with E-state index < -0.39 is 0 Å². The van der Waals surface area contributed by atoms with E-state index in [-0.39, 0.29) is 6.10 Å². The Hall–Kier alpha value is -0.370. The summed E-state index contributed by atoms with van der Waals surface area (Å²) in [5.74, 6) is 0.307. The molecule has 0 amide bonds. The quantitative estimate of drug-likeness (QED) is 0.647. The van der Waals surface area contributed by atoms with Gasteiger partial charge in [-0.25, -0.2) is 0 Å². The van der Waals surface area contributed by atoms with E-state index in [1.807, 2.05) is 6.92 Å². The normalized spacial score (nSPS) is 29.2. The van der Waals surface area contributed by atoms with Crippen LogP contribution in [0.3, 0.4) is 0 Å². The Kier molecular flexibility index (Phi) is 3.73. The van der Waals surface area contributed by atoms with Gasteiger partial charge in [0.1, 0.15) is 6.10 Å². The molecule has 70 valence electrons. The van der Waals surface area contributed by atoms with Gasteiger partial charge in [-0.2, -0.15) is 0 Å². The molecule has 0 aromatic rings. The fraction of sp³-hybridized carbons (Fsp3) is 0.900. The molecule has 0 N–H and O–H groups in total. The molecule has 12 heavy (non-hydrogen) atoms. The summed E-state index contributed by atoms with van der Waals surface area (Å²) in [6.45, 7) is 4.14. The summed E-state index contributed by atoms with van der Waals surface area (Å²) in [5.41, 5.74) is 0. The van der Waals surface area contributed by atoms with Crippen LogP contribution in [0.1, 0.15) is 46.0 Å². The van der Waals surface area contributed by atoms with Gasteiger partial charge in [-0.1, -0.05) is 13.3 Å². The largest absolute Gasteiger partial charge is 0.368 e. The lowest BCUT2D eigenvalue weighted by atomic mass is 10.1. The lowest BCUT2D eigenvalue weighted by Gasteiger charge is -2.08. The summed E-state index contributed by atoms with van der Waals surface area (Å²) in [5, 5.41) is 0. The first-order valence-electron chi connectivity index (χ1n) is 4.92. The maximum absolute atomic E-state index is 11.4. The summed E-state index contributed by atoms with van der Waals surface area (Å²) < 4.78 is 5.47. The molecule has 1 heterocycles. The molecular formula is C10H18O2. The molecule has 0 spiro atoms. The third kappa shape index (κ3) is 2.59. The van der Waals surface area contributed by atoms with E-state index in [1.54, 1.807) is 0 Å². The number of hydrogen-bond acceptors (Lipinski definition) is 2. The van der Waals surface area contributed by atoms with Crippen LogP contribution in [-0.2, 0) is 9.53 Å². The first-order chi connectivity index (χ1) is 5.74. The molecule has 0 aromatic carbocycles. The molecule has 0 aromatic heterocycles. The number of hydrogen-bond donors (Lipinski definition) is 0. The monoisotopic (exact) mass is 170 g/mol. The van der Waals surface area contributed by atoms with Crippen LogP contribution in [-0.4, -0.2) is 18.0 Å². The molecular weight excluding hydrogens is 152 g/mol. The summed E-state index contributed by atoms with van der Waals surface area (Å²) in [6.07, 6.45) is 4.99. The molecule has 0 aliphatic carbocycles. The lowest BCUT2D eigenvalue weighted by Crippen LogP contribution is -2.20. The molecule has 1 saturated heterocycles. The predicted molar refractivity (Wildman–Crippen MR) is 48.1 cm³/mol. The number of ketones is 1. The highest BCUT2D eigenvalue weighted by Gasteiger charge is 2.26. The van der Waals surface area contributed by atoms with Crippen LogP contribution in [0.4, 0.5) is 0 Å². The molecule has 1 aliphatic rings. The Labute approximate surface area is 74.3 Å². The Morgan fingerprint density at radius 1 is 1.50 bits per heavy atom. The zero-order valence-electron chi connectivity index (χ0n) is 8.01. The number of carbonyl (C=O) groups excluding carboxylic acids is 1. The first kappa shape index (κ1) is 9.72. The second-order valence-corrected chi connectivity index (χ2v) is 3.58. The van der Waals surface area contributed by atoms with Crippen LogP contribution >= 0.6 is 0 Å². The van der Waals surface area contributed by atoms with Gasteiger partial charge in [0.25, 0.3) is 0 Å². The molecule has 2 atom stereocenters. The molecule has 1 rings (SSSR count). The van der Waals surface area contributed by atoms with Crippen molar-refractivity contribution in [2.24, 2.45) is 0 Å². The number of rotatable bonds is 4. The fourth-order valence-corrected chi connectivity index (χ4v) is 1.55. The highest BCUT2D eigenvalue weighted by Crippen LogP contribution is 2.21. The maximum atomic E-state index is 11.4. The fourth-order valence-electron chi connectivity index (χ4n) is 1.55. The van der Waals surface area contributed by atoms with E-state index in [9.17, 15) is 4.79 Å². The lowest BCUT2D eigenvalue weighted by molar-refractivity contribution is -0.129. The Morgan fingerprint density at radius 3 is 2.75 bits per heavy atom. The molecule has 0 saturated carbocycles. The van der Waals surface area contributed by atoms with E-state index in [2.05, 4.69) is 6.92 Å². The third-order valence-corrected chi connectivity index (χ3v) is 2.37. The van der Waals surface area contributed by atoms with Crippen LogP contribution in [0.15, 0.2) is 0 Å². The first-order valence-corrected chi connectivity index (χ1v) is 4.92. The minimum absolute atomic E-state index is 0.0773. The third-order valence-electron chi connectivity index (χ3n) is 2.37. The molecule has 2 heteroatoms. The van der Waals surface area contributed by atoms with Gasteiger partial charge in [0.15, 0.2) is 5.78 Å². The van der Waals surface area contributed by atoms with Crippen molar-refractivity contribution >= 4 is 5.78 Å². The minimum Gasteiger partial charge on any atom is -0.368 e. The van der Waals surface area contributed by atoms with Crippen LogP contribution in [0.25, 0.3) is 0 Å². The van der Waals surface area contributed by atoms with Crippen LogP contribution in [0.5, 0.6) is 0 Å². The van der Waals surface area contributed by atoms with Crippen molar-refractivity contribution in [3.8, 4) is 0 Å². The summed E-state index contributed by atoms with van der Waals surface area (Å²) >= 11 is 0. The zero-order valence-corrected chi connectivity index (χ0v) is 8.01. The second-order valence-electron chi connectivity index (χ2n) is 3.58. The second kappa shape index (κ2) is 4.61. The van der Waals surface area contributed by atoms with Gasteiger partial charge in [-0.05, 0) is 26.2 Å². The molecule has 2 unspecified atom stereocenters. The summed E-state index contributed by atoms with van der Waals surface area (Å²) in [6, 6.07) is 0. The van der Waals surface area contributed by atoms with E-state index in [0.29, 0.717) is 18.3 Å². The standard InChI is InChI=1S/C10H18O2/c1-3-4-5-9(11)10-7-6-8(2)12-10/h8,10H,3-7H2,1-2H3. The van der Waals surface area contributed by atoms with Gasteiger partial charge in [0.2, 0.25) is 0 Å². The van der Waals surface area contributed by atoms with Crippen molar-refractivity contribution in [3.05, 3.63) is 0 Å². The Balaban J connectivity index is 2.23. The van der Waals surface area contributed by atoms with Crippen molar-refractivity contribution in [2.45, 2.75) is 58.2 Å². The minimum atomic E-state index is -0.0773. The zero-order chi connectivity index (χ0) is 8.97. The number of unbranched alkanes of at least 4 members (excludes halogenated alkanes) is 1. The summed E-state index contributed by atoms with van der Waals surface area (Å²) in [7, 11) is 0. The highest BCUT2D eigenvalue weighted by molar-refractivity contribution is 5.83. The van der Waals surface area contributed by atoms with Crippen LogP contribution in [0, 0.1) is 0 Å². The molecule has 2 nitrogen and oxygen atoms in total. The van der Waals surface area contributed by atoms with Crippen molar-refractivity contribution in [2.75, 3.05) is 0 Å². The highest BCUT2D eigenvalue weighted by atomic mass is 16.5. The molecule has 1 aliphatic heterocycles. The van der Waals surface area contributed by atoms with E-state index in [4.69, 9.17) is 4.74 Å². The van der Waals surface area contributed by atoms with Gasteiger partial charge in [0.05, 0.1) is 6.10 Å². The number of Topliss-reactive ketones (excluding diaryl/α,β-unsaturated/α-hetero) is 1. The van der Waals surface area contributed by atoms with E-state index in [1.165, 1.54) is 0 Å². The van der Waals surface area contributed by atoms with Crippen molar-refractivity contribution in [1.82, 2.24) is 0 Å². The van der Waals surface area contributed by atoms with E-state index in [0.717, 1.165) is 25.7 Å². The van der Waals surface area contributed by atoms with Crippen molar-refractivity contribution in [3.63, 3.8) is 0 Å².